The molecule has 21 heavy (non-hydrogen) atoms. The Bertz CT molecular complexity index is 581. The minimum Gasteiger partial charge on any atom is -0.484 e. The molecule has 0 bridgehead atoms. The third kappa shape index (κ3) is 5.08. The summed E-state index contributed by atoms with van der Waals surface area (Å²) < 4.78 is 5.26. The summed E-state index contributed by atoms with van der Waals surface area (Å²) in [6.45, 7) is 0.135. The van der Waals surface area contributed by atoms with Crippen LogP contribution < -0.4 is 10.2 Å². The number of hydrogen-bond acceptors (Lipinski definition) is 4. The van der Waals surface area contributed by atoms with E-state index in [4.69, 9.17) is 9.57 Å². The molecule has 0 unspecified atom stereocenters. The van der Waals surface area contributed by atoms with E-state index < -0.39 is 0 Å². The lowest BCUT2D eigenvalue weighted by atomic mass is 10.2. The number of aldehydes is 1. The van der Waals surface area contributed by atoms with Crippen LogP contribution in [0.1, 0.15) is 15.9 Å². The van der Waals surface area contributed by atoms with E-state index in [1.54, 1.807) is 24.3 Å². The Morgan fingerprint density at radius 3 is 2.43 bits per heavy atom. The first-order valence-corrected chi connectivity index (χ1v) is 6.40. The maximum atomic E-state index is 11.5. The average Bonchev–Trinajstić information content (AvgIpc) is 2.54. The van der Waals surface area contributed by atoms with Gasteiger partial charge in [0.05, 0.1) is 6.61 Å². The monoisotopic (exact) mass is 285 g/mol. The molecule has 2 rings (SSSR count). The Kier molecular flexibility index (Phi) is 5.49. The molecule has 2 aromatic rings. The standard InChI is InChI=1S/C16H15NO4/c18-10-13-6-8-15(9-7-13)20-12-16(19)17-21-11-14-4-2-1-3-5-14/h1-10H,11-12H2,(H,17,19). The van der Waals surface area contributed by atoms with Crippen molar-refractivity contribution in [3.8, 4) is 5.75 Å². The van der Waals surface area contributed by atoms with Gasteiger partial charge in [0.25, 0.3) is 5.91 Å². The molecule has 108 valence electrons. The van der Waals surface area contributed by atoms with Gasteiger partial charge in [-0.25, -0.2) is 5.48 Å². The Labute approximate surface area is 122 Å². The second kappa shape index (κ2) is 7.81. The normalized spacial score (nSPS) is 9.90. The van der Waals surface area contributed by atoms with Gasteiger partial charge in [0.1, 0.15) is 12.0 Å². The van der Waals surface area contributed by atoms with Crippen LogP contribution >= 0.6 is 0 Å². The summed E-state index contributed by atoms with van der Waals surface area (Å²) in [5.74, 6) is 0.129. The van der Waals surface area contributed by atoms with Crippen molar-refractivity contribution in [2.75, 3.05) is 6.61 Å². The topological polar surface area (TPSA) is 64.6 Å². The summed E-state index contributed by atoms with van der Waals surface area (Å²) in [5.41, 5.74) is 3.82. The van der Waals surface area contributed by atoms with Gasteiger partial charge >= 0.3 is 0 Å². The highest BCUT2D eigenvalue weighted by Crippen LogP contribution is 2.10. The Hall–Kier alpha value is -2.66. The quantitative estimate of drug-likeness (QED) is 0.625. The van der Waals surface area contributed by atoms with E-state index in [2.05, 4.69) is 5.48 Å². The first-order valence-electron chi connectivity index (χ1n) is 6.40. The largest absolute Gasteiger partial charge is 0.484 e. The molecular weight excluding hydrogens is 270 g/mol. The molecule has 0 aliphatic rings. The summed E-state index contributed by atoms with van der Waals surface area (Å²) in [7, 11) is 0. The molecule has 5 heteroatoms. The van der Waals surface area contributed by atoms with Crippen molar-refractivity contribution in [1.82, 2.24) is 5.48 Å². The number of carbonyl (C=O) groups excluding carboxylic acids is 2. The van der Waals surface area contributed by atoms with Crippen molar-refractivity contribution < 1.29 is 19.2 Å². The van der Waals surface area contributed by atoms with E-state index in [1.165, 1.54) is 0 Å². The van der Waals surface area contributed by atoms with Crippen molar-refractivity contribution in [2.45, 2.75) is 6.61 Å². The molecule has 0 fully saturated rings. The number of rotatable bonds is 7. The van der Waals surface area contributed by atoms with Gasteiger partial charge in [-0.1, -0.05) is 30.3 Å². The van der Waals surface area contributed by atoms with Gasteiger partial charge < -0.3 is 4.74 Å². The first-order chi connectivity index (χ1) is 10.3. The van der Waals surface area contributed by atoms with Crippen molar-refractivity contribution in [3.05, 3.63) is 65.7 Å². The van der Waals surface area contributed by atoms with Crippen LogP contribution in [0.5, 0.6) is 5.75 Å². The number of benzene rings is 2. The zero-order valence-corrected chi connectivity index (χ0v) is 11.3. The van der Waals surface area contributed by atoms with E-state index in [0.717, 1.165) is 11.8 Å². The summed E-state index contributed by atoms with van der Waals surface area (Å²) in [6.07, 6.45) is 0.744. The van der Waals surface area contributed by atoms with Crippen molar-refractivity contribution in [3.63, 3.8) is 0 Å². The molecule has 0 spiro atoms. The predicted octanol–water partition coefficient (Wildman–Crippen LogP) is 2.13. The number of hydrogen-bond donors (Lipinski definition) is 1. The second-order valence-corrected chi connectivity index (χ2v) is 4.28. The minimum atomic E-state index is -0.384. The molecular formula is C16H15NO4. The summed E-state index contributed by atoms with van der Waals surface area (Å²) in [5, 5.41) is 0. The van der Waals surface area contributed by atoms with Crippen LogP contribution in [-0.2, 0) is 16.2 Å². The first kappa shape index (κ1) is 14.7. The van der Waals surface area contributed by atoms with Crippen molar-refractivity contribution in [1.29, 1.82) is 0 Å². The molecule has 0 aromatic heterocycles. The number of nitrogens with one attached hydrogen (secondary N) is 1. The number of ether oxygens (including phenoxy) is 1. The molecule has 0 aliphatic carbocycles. The molecule has 0 atom stereocenters. The summed E-state index contributed by atoms with van der Waals surface area (Å²) >= 11 is 0. The molecule has 0 saturated heterocycles. The van der Waals surface area contributed by atoms with E-state index in [-0.39, 0.29) is 12.5 Å². The van der Waals surface area contributed by atoms with E-state index in [1.807, 2.05) is 30.3 Å². The Morgan fingerprint density at radius 1 is 1.05 bits per heavy atom. The number of carbonyl (C=O) groups is 2. The van der Waals surface area contributed by atoms with E-state index >= 15 is 0 Å². The fraction of sp³-hybridized carbons (Fsp3) is 0.125. The van der Waals surface area contributed by atoms with Crippen LogP contribution in [0.4, 0.5) is 0 Å². The van der Waals surface area contributed by atoms with Crippen LogP contribution in [0.3, 0.4) is 0 Å². The molecule has 2 aromatic carbocycles. The lowest BCUT2D eigenvalue weighted by Crippen LogP contribution is -2.28. The van der Waals surface area contributed by atoms with Gasteiger partial charge in [0, 0.05) is 5.56 Å². The van der Waals surface area contributed by atoms with Gasteiger partial charge in [0.15, 0.2) is 6.61 Å². The highest BCUT2D eigenvalue weighted by atomic mass is 16.7. The van der Waals surface area contributed by atoms with Gasteiger partial charge in [0.2, 0.25) is 0 Å². The summed E-state index contributed by atoms with van der Waals surface area (Å²) in [6, 6.07) is 16.0. The zero-order chi connectivity index (χ0) is 14.9. The van der Waals surface area contributed by atoms with E-state index in [9.17, 15) is 9.59 Å². The Balaban J connectivity index is 1.68. The highest BCUT2D eigenvalue weighted by molar-refractivity contribution is 5.76. The van der Waals surface area contributed by atoms with Crippen LogP contribution in [-0.4, -0.2) is 18.8 Å². The van der Waals surface area contributed by atoms with Crippen LogP contribution in [0.25, 0.3) is 0 Å². The van der Waals surface area contributed by atoms with Crippen molar-refractivity contribution >= 4 is 12.2 Å². The van der Waals surface area contributed by atoms with Gasteiger partial charge in [-0.3, -0.25) is 14.4 Å². The second-order valence-electron chi connectivity index (χ2n) is 4.28. The zero-order valence-electron chi connectivity index (χ0n) is 11.3. The molecule has 0 radical (unpaired) electrons. The number of hydroxylamine groups is 1. The lowest BCUT2D eigenvalue weighted by molar-refractivity contribution is -0.136. The van der Waals surface area contributed by atoms with Gasteiger partial charge in [-0.05, 0) is 29.8 Å². The van der Waals surface area contributed by atoms with Crippen LogP contribution in [0.2, 0.25) is 0 Å². The maximum Gasteiger partial charge on any atom is 0.281 e. The average molecular weight is 285 g/mol. The summed E-state index contributed by atoms with van der Waals surface area (Å²) in [4.78, 5) is 27.1. The number of amides is 1. The van der Waals surface area contributed by atoms with E-state index in [0.29, 0.717) is 17.9 Å². The molecule has 1 N–H and O–H groups in total. The maximum absolute atomic E-state index is 11.5. The van der Waals surface area contributed by atoms with Gasteiger partial charge in [-0.2, -0.15) is 0 Å². The molecule has 5 nitrogen and oxygen atoms in total. The third-order valence-electron chi connectivity index (χ3n) is 2.65. The molecule has 1 amide bonds. The fourth-order valence-corrected chi connectivity index (χ4v) is 1.60. The SMILES string of the molecule is O=Cc1ccc(OCC(=O)NOCc2ccccc2)cc1. The van der Waals surface area contributed by atoms with Crippen molar-refractivity contribution in [2.24, 2.45) is 0 Å². The van der Waals surface area contributed by atoms with Gasteiger partial charge in [-0.15, -0.1) is 0 Å². The van der Waals surface area contributed by atoms with Crippen LogP contribution in [0.15, 0.2) is 54.6 Å². The lowest BCUT2D eigenvalue weighted by Gasteiger charge is -2.08. The molecule has 0 aliphatic heterocycles. The predicted molar refractivity (Wildman–Crippen MR) is 76.7 cm³/mol. The molecule has 0 saturated carbocycles. The minimum absolute atomic E-state index is 0.158. The smallest absolute Gasteiger partial charge is 0.281 e. The van der Waals surface area contributed by atoms with Crippen LogP contribution in [0, 0.1) is 0 Å². The fourth-order valence-electron chi connectivity index (χ4n) is 1.60. The third-order valence-corrected chi connectivity index (χ3v) is 2.65. The Morgan fingerprint density at radius 2 is 1.76 bits per heavy atom. The highest BCUT2D eigenvalue weighted by Gasteiger charge is 2.03. The molecule has 0 heterocycles.